The zero-order valence-electron chi connectivity index (χ0n) is 10.0. The first-order valence-electron chi connectivity index (χ1n) is 5.19. The third-order valence-electron chi connectivity index (χ3n) is 2.28. The van der Waals surface area contributed by atoms with Crippen LogP contribution in [0, 0.1) is 10.1 Å². The van der Waals surface area contributed by atoms with Crippen LogP contribution in [0.2, 0.25) is 5.15 Å². The van der Waals surface area contributed by atoms with E-state index in [2.05, 4.69) is 25.9 Å². The largest absolute Gasteiger partial charge is 0.493 e. The van der Waals surface area contributed by atoms with Crippen LogP contribution in [-0.2, 0) is 0 Å². The molecule has 9 heteroatoms. The summed E-state index contributed by atoms with van der Waals surface area (Å²) in [6, 6.07) is 3.97. The molecule has 7 nitrogen and oxygen atoms in total. The van der Waals surface area contributed by atoms with Crippen LogP contribution in [0.5, 0.6) is 17.4 Å². The van der Waals surface area contributed by atoms with Crippen molar-refractivity contribution in [3.8, 4) is 17.4 Å². The summed E-state index contributed by atoms with van der Waals surface area (Å²) in [6.07, 6.45) is 1.24. The molecule has 0 saturated carbocycles. The van der Waals surface area contributed by atoms with Crippen molar-refractivity contribution >= 4 is 33.2 Å². The first-order chi connectivity index (χ1) is 9.52. The van der Waals surface area contributed by atoms with E-state index in [1.54, 1.807) is 0 Å². The van der Waals surface area contributed by atoms with Gasteiger partial charge in [0.05, 0.1) is 18.1 Å². The number of rotatable bonds is 4. The maximum absolute atomic E-state index is 10.7. The van der Waals surface area contributed by atoms with Gasteiger partial charge in [0.15, 0.2) is 16.7 Å². The molecule has 1 heterocycles. The Labute approximate surface area is 126 Å². The molecule has 0 aliphatic carbocycles. The Balaban J connectivity index is 2.38. The van der Waals surface area contributed by atoms with Gasteiger partial charge in [0, 0.05) is 6.07 Å². The highest BCUT2D eigenvalue weighted by molar-refractivity contribution is 9.10. The van der Waals surface area contributed by atoms with E-state index in [9.17, 15) is 10.1 Å². The highest BCUT2D eigenvalue weighted by atomic mass is 79.9. The standard InChI is InChI=1S/C11H7BrClN3O4/c1-19-8-4-6(16(17)18)2-3-7(8)20-11-9(12)10(13)14-5-15-11/h2-5H,1H3. The Kier molecular flexibility index (Phi) is 4.35. The molecule has 104 valence electrons. The molecule has 0 aliphatic heterocycles. The summed E-state index contributed by atoms with van der Waals surface area (Å²) in [6.45, 7) is 0. The minimum Gasteiger partial charge on any atom is -0.493 e. The topological polar surface area (TPSA) is 87.4 Å². The molecule has 1 aromatic carbocycles. The van der Waals surface area contributed by atoms with E-state index in [-0.39, 0.29) is 28.2 Å². The van der Waals surface area contributed by atoms with Crippen molar-refractivity contribution in [1.82, 2.24) is 9.97 Å². The van der Waals surface area contributed by atoms with Crippen LogP contribution < -0.4 is 9.47 Å². The second kappa shape index (κ2) is 6.02. The van der Waals surface area contributed by atoms with E-state index in [1.807, 2.05) is 0 Å². The number of nitro groups is 1. The fraction of sp³-hybridized carbons (Fsp3) is 0.0909. The van der Waals surface area contributed by atoms with Crippen molar-refractivity contribution in [3.05, 3.63) is 44.3 Å². The number of hydrogen-bond acceptors (Lipinski definition) is 6. The Bertz CT molecular complexity index is 668. The van der Waals surface area contributed by atoms with Crippen molar-refractivity contribution in [1.29, 1.82) is 0 Å². The average Bonchev–Trinajstić information content (AvgIpc) is 2.44. The van der Waals surface area contributed by atoms with Crippen molar-refractivity contribution in [3.63, 3.8) is 0 Å². The highest BCUT2D eigenvalue weighted by Crippen LogP contribution is 2.37. The third-order valence-corrected chi connectivity index (χ3v) is 3.51. The van der Waals surface area contributed by atoms with E-state index in [1.165, 1.54) is 31.6 Å². The quantitative estimate of drug-likeness (QED) is 0.470. The predicted octanol–water partition coefficient (Wildman–Crippen LogP) is 3.60. The van der Waals surface area contributed by atoms with Crippen LogP contribution in [0.15, 0.2) is 29.0 Å². The van der Waals surface area contributed by atoms with Crippen LogP contribution in [0.1, 0.15) is 0 Å². The van der Waals surface area contributed by atoms with Gasteiger partial charge in [-0.3, -0.25) is 10.1 Å². The van der Waals surface area contributed by atoms with Crippen LogP contribution >= 0.6 is 27.5 Å². The van der Waals surface area contributed by atoms with E-state index in [0.717, 1.165) is 0 Å². The second-order valence-electron chi connectivity index (χ2n) is 3.48. The molecule has 2 aromatic rings. The number of benzene rings is 1. The van der Waals surface area contributed by atoms with Gasteiger partial charge in [-0.2, -0.15) is 0 Å². The molecular formula is C11H7BrClN3O4. The minimum absolute atomic E-state index is 0.103. The van der Waals surface area contributed by atoms with E-state index in [0.29, 0.717) is 4.47 Å². The van der Waals surface area contributed by atoms with Crippen LogP contribution in [0.25, 0.3) is 0 Å². The Morgan fingerprint density at radius 3 is 2.75 bits per heavy atom. The monoisotopic (exact) mass is 359 g/mol. The van der Waals surface area contributed by atoms with Gasteiger partial charge >= 0.3 is 0 Å². The highest BCUT2D eigenvalue weighted by Gasteiger charge is 2.15. The van der Waals surface area contributed by atoms with Gasteiger partial charge in [-0.05, 0) is 22.0 Å². The van der Waals surface area contributed by atoms with Crippen molar-refractivity contribution in [2.45, 2.75) is 0 Å². The normalized spacial score (nSPS) is 10.2. The molecule has 0 amide bonds. The van der Waals surface area contributed by atoms with Crippen LogP contribution in [0.4, 0.5) is 5.69 Å². The summed E-state index contributed by atoms with van der Waals surface area (Å²) in [5, 5.41) is 10.9. The van der Waals surface area contributed by atoms with Gasteiger partial charge in [0.2, 0.25) is 5.88 Å². The van der Waals surface area contributed by atoms with E-state index in [4.69, 9.17) is 21.1 Å². The number of aromatic nitrogens is 2. The number of ether oxygens (including phenoxy) is 2. The molecule has 0 unspecified atom stereocenters. The maximum atomic E-state index is 10.7. The molecule has 2 rings (SSSR count). The Morgan fingerprint density at radius 1 is 1.35 bits per heavy atom. The number of halogens is 2. The molecule has 0 N–H and O–H groups in total. The molecule has 0 atom stereocenters. The van der Waals surface area contributed by atoms with Crippen LogP contribution in [-0.4, -0.2) is 22.0 Å². The molecule has 1 aromatic heterocycles. The lowest BCUT2D eigenvalue weighted by molar-refractivity contribution is -0.384. The van der Waals surface area contributed by atoms with Gasteiger partial charge in [-0.1, -0.05) is 11.6 Å². The molecule has 0 fully saturated rings. The SMILES string of the molecule is COc1cc([N+](=O)[O-])ccc1Oc1ncnc(Cl)c1Br. The number of nitro benzene ring substituents is 1. The van der Waals surface area contributed by atoms with Gasteiger partial charge in [-0.15, -0.1) is 0 Å². The number of hydrogen-bond donors (Lipinski definition) is 0. The van der Waals surface area contributed by atoms with E-state index < -0.39 is 4.92 Å². The summed E-state index contributed by atoms with van der Waals surface area (Å²) < 4.78 is 11.0. The van der Waals surface area contributed by atoms with Gasteiger partial charge in [0.1, 0.15) is 10.8 Å². The first-order valence-corrected chi connectivity index (χ1v) is 6.36. The fourth-order valence-electron chi connectivity index (χ4n) is 1.36. The molecule has 20 heavy (non-hydrogen) atoms. The molecule has 0 bridgehead atoms. The number of nitrogens with zero attached hydrogens (tertiary/aromatic N) is 3. The smallest absolute Gasteiger partial charge is 0.273 e. The Morgan fingerprint density at radius 2 is 2.10 bits per heavy atom. The molecule has 0 aliphatic rings. The second-order valence-corrected chi connectivity index (χ2v) is 4.63. The first kappa shape index (κ1) is 14.5. The summed E-state index contributed by atoms with van der Waals surface area (Å²) >= 11 is 9.01. The summed E-state index contributed by atoms with van der Waals surface area (Å²) in [5.74, 6) is 0.659. The molecular weight excluding hydrogens is 353 g/mol. The zero-order valence-corrected chi connectivity index (χ0v) is 12.4. The number of non-ortho nitro benzene ring substituents is 1. The average molecular weight is 361 g/mol. The lowest BCUT2D eigenvalue weighted by Gasteiger charge is -2.10. The summed E-state index contributed by atoms with van der Waals surface area (Å²) in [5.41, 5.74) is -0.103. The van der Waals surface area contributed by atoms with Gasteiger partial charge < -0.3 is 9.47 Å². The minimum atomic E-state index is -0.524. The van der Waals surface area contributed by atoms with Crippen molar-refractivity contribution in [2.75, 3.05) is 7.11 Å². The maximum Gasteiger partial charge on any atom is 0.273 e. The summed E-state index contributed by atoms with van der Waals surface area (Å²) in [7, 11) is 1.38. The van der Waals surface area contributed by atoms with E-state index >= 15 is 0 Å². The lowest BCUT2D eigenvalue weighted by Crippen LogP contribution is -1.96. The lowest BCUT2D eigenvalue weighted by atomic mass is 10.3. The predicted molar refractivity (Wildman–Crippen MR) is 74.5 cm³/mol. The molecule has 0 radical (unpaired) electrons. The van der Waals surface area contributed by atoms with Gasteiger partial charge in [0.25, 0.3) is 5.69 Å². The van der Waals surface area contributed by atoms with Crippen molar-refractivity contribution < 1.29 is 14.4 Å². The number of methoxy groups -OCH3 is 1. The summed E-state index contributed by atoms with van der Waals surface area (Å²) in [4.78, 5) is 17.9. The van der Waals surface area contributed by atoms with Gasteiger partial charge in [-0.25, -0.2) is 9.97 Å². The molecule has 0 spiro atoms. The van der Waals surface area contributed by atoms with Crippen molar-refractivity contribution in [2.24, 2.45) is 0 Å². The molecule has 0 saturated heterocycles. The van der Waals surface area contributed by atoms with Crippen LogP contribution in [0.3, 0.4) is 0 Å². The fourth-order valence-corrected chi connectivity index (χ4v) is 1.77. The Hall–Kier alpha value is -1.93. The zero-order chi connectivity index (χ0) is 14.7. The third kappa shape index (κ3) is 2.97.